The van der Waals surface area contributed by atoms with Crippen molar-refractivity contribution in [2.75, 3.05) is 7.11 Å². The highest BCUT2D eigenvalue weighted by Gasteiger charge is 2.22. The Balaban J connectivity index is 2.07. The average Bonchev–Trinajstić information content (AvgIpc) is 3.06. The van der Waals surface area contributed by atoms with Gasteiger partial charge >= 0.3 is 5.97 Å². The second-order valence-corrected chi connectivity index (χ2v) is 6.30. The lowest BCUT2D eigenvalue weighted by Crippen LogP contribution is -2.15. The molecule has 0 bridgehead atoms. The molecule has 1 aromatic carbocycles. The Morgan fingerprint density at radius 3 is 2.50 bits per heavy atom. The lowest BCUT2D eigenvalue weighted by molar-refractivity contribution is -0.139. The molecule has 0 spiro atoms. The highest BCUT2D eigenvalue weighted by molar-refractivity contribution is 8.00. The first-order chi connectivity index (χ1) is 11.7. The van der Waals surface area contributed by atoms with Crippen molar-refractivity contribution in [1.82, 2.24) is 19.7 Å². The van der Waals surface area contributed by atoms with Crippen LogP contribution in [0.5, 0.6) is 0 Å². The van der Waals surface area contributed by atoms with Crippen LogP contribution in [0.3, 0.4) is 0 Å². The van der Waals surface area contributed by atoms with Gasteiger partial charge in [-0.3, -0.25) is 14.3 Å². The number of hydrogen-bond acceptors (Lipinski definition) is 6. The minimum atomic E-state index is -0.382. The summed E-state index contributed by atoms with van der Waals surface area (Å²) in [7, 11) is 1.38. The Hall–Kier alpha value is -2.67. The largest absolute Gasteiger partial charge is 0.468 e. The van der Waals surface area contributed by atoms with Crippen molar-refractivity contribution in [3.05, 3.63) is 54.9 Å². The molecule has 1 atom stereocenters. The van der Waals surface area contributed by atoms with Gasteiger partial charge in [0.2, 0.25) is 0 Å². The van der Waals surface area contributed by atoms with Gasteiger partial charge in [0.05, 0.1) is 7.11 Å². The summed E-state index contributed by atoms with van der Waals surface area (Å²) in [5.41, 5.74) is 1.83. The second kappa shape index (κ2) is 7.27. The number of para-hydroxylation sites is 1. The van der Waals surface area contributed by atoms with Crippen LogP contribution in [0, 0.1) is 0 Å². The topological polar surface area (TPSA) is 69.9 Å². The smallest absolute Gasteiger partial charge is 0.318 e. The molecule has 122 valence electrons. The van der Waals surface area contributed by atoms with Crippen LogP contribution >= 0.6 is 11.8 Å². The van der Waals surface area contributed by atoms with Gasteiger partial charge in [0.15, 0.2) is 11.0 Å². The van der Waals surface area contributed by atoms with Gasteiger partial charge in [-0.25, -0.2) is 0 Å². The monoisotopic (exact) mass is 340 g/mol. The molecular weight excluding hydrogens is 324 g/mol. The van der Waals surface area contributed by atoms with Crippen molar-refractivity contribution in [2.24, 2.45) is 0 Å². The Morgan fingerprint density at radius 2 is 1.83 bits per heavy atom. The van der Waals surface area contributed by atoms with Gasteiger partial charge in [0.1, 0.15) is 5.25 Å². The van der Waals surface area contributed by atoms with Gasteiger partial charge in [0, 0.05) is 23.6 Å². The number of rotatable bonds is 5. The molecule has 24 heavy (non-hydrogen) atoms. The molecule has 0 N–H and O–H groups in total. The summed E-state index contributed by atoms with van der Waals surface area (Å²) in [6.07, 6.45) is 3.42. The Labute approximate surface area is 143 Å². The number of nitrogens with zero attached hydrogens (tertiary/aromatic N) is 4. The average molecular weight is 340 g/mol. The molecular formula is C17H16N4O2S. The molecule has 3 aromatic rings. The van der Waals surface area contributed by atoms with E-state index in [4.69, 9.17) is 4.74 Å². The molecule has 0 saturated heterocycles. The van der Waals surface area contributed by atoms with E-state index in [0.29, 0.717) is 11.0 Å². The third-order valence-corrected chi connectivity index (χ3v) is 4.42. The number of pyridine rings is 1. The lowest BCUT2D eigenvalue weighted by Gasteiger charge is -2.12. The van der Waals surface area contributed by atoms with Crippen LogP contribution in [0.2, 0.25) is 0 Å². The van der Waals surface area contributed by atoms with Crippen LogP contribution in [-0.4, -0.2) is 38.1 Å². The predicted molar refractivity (Wildman–Crippen MR) is 91.9 cm³/mol. The summed E-state index contributed by atoms with van der Waals surface area (Å²) in [5.74, 6) is 0.399. The van der Waals surface area contributed by atoms with E-state index in [1.54, 1.807) is 19.3 Å². The molecule has 2 aromatic heterocycles. The Kier molecular flexibility index (Phi) is 4.90. The summed E-state index contributed by atoms with van der Waals surface area (Å²) in [6, 6.07) is 13.5. The lowest BCUT2D eigenvalue weighted by atomic mass is 10.2. The first-order valence-corrected chi connectivity index (χ1v) is 8.24. The SMILES string of the molecule is COC(=O)[C@@H](C)Sc1nnc(-c2ccncc2)n1-c1ccccc1. The minimum Gasteiger partial charge on any atom is -0.468 e. The van der Waals surface area contributed by atoms with Crippen molar-refractivity contribution in [3.8, 4) is 17.1 Å². The number of ether oxygens (including phenoxy) is 1. The standard InChI is InChI=1S/C17H16N4O2S/c1-12(16(22)23-2)24-17-20-19-15(13-8-10-18-11-9-13)21(17)14-6-4-3-5-7-14/h3-12H,1-2H3/t12-/m1/s1. The van der Waals surface area contributed by atoms with Crippen LogP contribution in [-0.2, 0) is 9.53 Å². The number of carbonyl (C=O) groups excluding carboxylic acids is 1. The van der Waals surface area contributed by atoms with E-state index in [1.807, 2.05) is 47.0 Å². The summed E-state index contributed by atoms with van der Waals surface area (Å²) < 4.78 is 6.73. The van der Waals surface area contributed by atoms with Gasteiger partial charge in [-0.15, -0.1) is 10.2 Å². The van der Waals surface area contributed by atoms with Crippen molar-refractivity contribution in [1.29, 1.82) is 0 Å². The molecule has 0 saturated carbocycles. The third-order valence-electron chi connectivity index (χ3n) is 3.40. The van der Waals surface area contributed by atoms with Gasteiger partial charge in [-0.1, -0.05) is 30.0 Å². The first-order valence-electron chi connectivity index (χ1n) is 7.36. The zero-order valence-electron chi connectivity index (χ0n) is 13.3. The minimum absolute atomic E-state index is 0.298. The van der Waals surface area contributed by atoms with E-state index in [0.717, 1.165) is 11.3 Å². The fourth-order valence-corrected chi connectivity index (χ4v) is 3.11. The van der Waals surface area contributed by atoms with Crippen LogP contribution in [0.25, 0.3) is 17.1 Å². The number of aromatic nitrogens is 4. The normalized spacial score (nSPS) is 11.9. The van der Waals surface area contributed by atoms with Gasteiger partial charge in [0.25, 0.3) is 0 Å². The summed E-state index contributed by atoms with van der Waals surface area (Å²) in [5, 5.41) is 8.83. The van der Waals surface area contributed by atoms with Crippen LogP contribution < -0.4 is 0 Å². The number of carbonyl (C=O) groups is 1. The van der Waals surface area contributed by atoms with E-state index in [2.05, 4.69) is 15.2 Å². The second-order valence-electron chi connectivity index (χ2n) is 5.00. The van der Waals surface area contributed by atoms with Crippen LogP contribution in [0.4, 0.5) is 0 Å². The molecule has 0 fully saturated rings. The number of methoxy groups -OCH3 is 1. The molecule has 0 aliphatic carbocycles. The molecule has 0 aliphatic heterocycles. The van der Waals surface area contributed by atoms with E-state index >= 15 is 0 Å². The summed E-state index contributed by atoms with van der Waals surface area (Å²) >= 11 is 1.31. The molecule has 0 radical (unpaired) electrons. The number of esters is 1. The van der Waals surface area contributed by atoms with E-state index in [9.17, 15) is 4.79 Å². The first kappa shape index (κ1) is 16.2. The zero-order chi connectivity index (χ0) is 16.9. The molecule has 7 heteroatoms. The summed E-state index contributed by atoms with van der Waals surface area (Å²) in [4.78, 5) is 15.8. The van der Waals surface area contributed by atoms with Crippen molar-refractivity contribution in [2.45, 2.75) is 17.3 Å². The fraction of sp³-hybridized carbons (Fsp3) is 0.176. The van der Waals surface area contributed by atoms with Crippen molar-refractivity contribution >= 4 is 17.7 Å². The van der Waals surface area contributed by atoms with Crippen LogP contribution in [0.15, 0.2) is 60.0 Å². The zero-order valence-corrected chi connectivity index (χ0v) is 14.1. The number of benzene rings is 1. The molecule has 0 amide bonds. The van der Waals surface area contributed by atoms with Crippen molar-refractivity contribution < 1.29 is 9.53 Å². The fourth-order valence-electron chi connectivity index (χ4n) is 2.22. The van der Waals surface area contributed by atoms with Crippen molar-refractivity contribution in [3.63, 3.8) is 0 Å². The molecule has 0 unspecified atom stereocenters. The maximum atomic E-state index is 11.7. The third kappa shape index (κ3) is 3.30. The number of thioether (sulfide) groups is 1. The Morgan fingerprint density at radius 1 is 1.12 bits per heavy atom. The van der Waals surface area contributed by atoms with Crippen LogP contribution in [0.1, 0.15) is 6.92 Å². The molecule has 2 heterocycles. The summed E-state index contributed by atoms with van der Waals surface area (Å²) in [6.45, 7) is 1.78. The number of hydrogen-bond donors (Lipinski definition) is 0. The molecule has 3 rings (SSSR count). The van der Waals surface area contributed by atoms with E-state index < -0.39 is 0 Å². The quantitative estimate of drug-likeness (QED) is 0.525. The highest BCUT2D eigenvalue weighted by atomic mass is 32.2. The molecule has 0 aliphatic rings. The maximum Gasteiger partial charge on any atom is 0.318 e. The van der Waals surface area contributed by atoms with Gasteiger partial charge in [-0.2, -0.15) is 0 Å². The maximum absolute atomic E-state index is 11.7. The molecule has 6 nitrogen and oxygen atoms in total. The predicted octanol–water partition coefficient (Wildman–Crippen LogP) is 2.98. The van der Waals surface area contributed by atoms with Gasteiger partial charge in [-0.05, 0) is 31.2 Å². The van der Waals surface area contributed by atoms with E-state index in [1.165, 1.54) is 18.9 Å². The van der Waals surface area contributed by atoms with E-state index in [-0.39, 0.29) is 11.2 Å². The van der Waals surface area contributed by atoms with Gasteiger partial charge < -0.3 is 4.74 Å². The highest BCUT2D eigenvalue weighted by Crippen LogP contribution is 2.30. The Bertz CT molecular complexity index is 821.